The van der Waals surface area contributed by atoms with Crippen LogP contribution >= 0.6 is 0 Å². The van der Waals surface area contributed by atoms with Gasteiger partial charge in [-0.1, -0.05) is 48.4 Å². The maximum Gasteiger partial charge on any atom is 0.176 e. The number of morpholine rings is 1. The molecule has 0 aromatic heterocycles. The topological polar surface area (TPSA) is 32.7 Å². The van der Waals surface area contributed by atoms with Crippen LogP contribution in [-0.2, 0) is 10.3 Å². The second-order valence-electron chi connectivity index (χ2n) is 5.37. The van der Waals surface area contributed by atoms with Gasteiger partial charge in [-0.2, -0.15) is 0 Å². The average molecular weight is 293 g/mol. The highest BCUT2D eigenvalue weighted by Crippen LogP contribution is 2.30. The number of terminal acetylenes is 1. The number of anilines is 1. The summed E-state index contributed by atoms with van der Waals surface area (Å²) in [6.45, 7) is 3.27. The third-order valence-corrected chi connectivity index (χ3v) is 4.06. The highest BCUT2D eigenvalue weighted by atomic mass is 16.5. The van der Waals surface area contributed by atoms with Crippen molar-refractivity contribution < 1.29 is 9.84 Å². The summed E-state index contributed by atoms with van der Waals surface area (Å²) in [6, 6.07) is 17.2. The smallest absolute Gasteiger partial charge is 0.176 e. The first kappa shape index (κ1) is 14.6. The standard InChI is InChI=1S/C19H19NO2/c1-2-19(21,16-6-4-3-5-7-16)17-8-10-18(11-9-17)20-12-14-22-15-13-20/h1,3-11,21H,12-15H2/t19-/m1/s1. The van der Waals surface area contributed by atoms with E-state index >= 15 is 0 Å². The van der Waals surface area contributed by atoms with E-state index in [0.29, 0.717) is 11.1 Å². The molecule has 0 unspecified atom stereocenters. The van der Waals surface area contributed by atoms with E-state index in [1.165, 1.54) is 0 Å². The van der Waals surface area contributed by atoms with Gasteiger partial charge in [0.25, 0.3) is 0 Å². The van der Waals surface area contributed by atoms with Gasteiger partial charge in [-0.05, 0) is 12.1 Å². The minimum atomic E-state index is -1.40. The molecule has 1 aliphatic heterocycles. The SMILES string of the molecule is C#C[C@@](O)(c1ccccc1)c1ccc(N2CCOCC2)cc1. The molecule has 22 heavy (non-hydrogen) atoms. The lowest BCUT2D eigenvalue weighted by atomic mass is 9.87. The van der Waals surface area contributed by atoms with Crippen molar-refractivity contribution in [3.63, 3.8) is 0 Å². The van der Waals surface area contributed by atoms with E-state index in [4.69, 9.17) is 11.2 Å². The highest BCUT2D eigenvalue weighted by Gasteiger charge is 2.29. The van der Waals surface area contributed by atoms with Gasteiger partial charge in [0.15, 0.2) is 5.60 Å². The van der Waals surface area contributed by atoms with Crippen molar-refractivity contribution in [2.24, 2.45) is 0 Å². The lowest BCUT2D eigenvalue weighted by Gasteiger charge is -2.30. The summed E-state index contributed by atoms with van der Waals surface area (Å²) in [6.07, 6.45) is 5.62. The Labute approximate surface area is 131 Å². The van der Waals surface area contributed by atoms with Crippen molar-refractivity contribution >= 4 is 5.69 Å². The number of benzene rings is 2. The minimum absolute atomic E-state index is 0.705. The van der Waals surface area contributed by atoms with Gasteiger partial charge in [0, 0.05) is 29.9 Å². The van der Waals surface area contributed by atoms with E-state index in [-0.39, 0.29) is 0 Å². The van der Waals surface area contributed by atoms with Gasteiger partial charge in [0.1, 0.15) is 0 Å². The highest BCUT2D eigenvalue weighted by molar-refractivity contribution is 5.52. The fraction of sp³-hybridized carbons (Fsp3) is 0.263. The lowest BCUT2D eigenvalue weighted by Crippen LogP contribution is -2.36. The first-order chi connectivity index (χ1) is 10.7. The first-order valence-electron chi connectivity index (χ1n) is 7.43. The Kier molecular flexibility index (Phi) is 4.15. The zero-order chi connectivity index (χ0) is 15.4. The molecular formula is C19H19NO2. The Morgan fingerprint density at radius 1 is 0.955 bits per heavy atom. The van der Waals surface area contributed by atoms with Crippen molar-refractivity contribution in [1.29, 1.82) is 0 Å². The minimum Gasteiger partial charge on any atom is -0.378 e. The second kappa shape index (κ2) is 6.23. The molecule has 112 valence electrons. The largest absolute Gasteiger partial charge is 0.378 e. The molecule has 0 aliphatic carbocycles. The fourth-order valence-electron chi connectivity index (χ4n) is 2.75. The van der Waals surface area contributed by atoms with Crippen molar-refractivity contribution in [1.82, 2.24) is 0 Å². The molecule has 0 bridgehead atoms. The Morgan fingerprint density at radius 2 is 1.55 bits per heavy atom. The predicted octanol–water partition coefficient (Wildman–Crippen LogP) is 2.39. The fourth-order valence-corrected chi connectivity index (χ4v) is 2.75. The van der Waals surface area contributed by atoms with Crippen LogP contribution in [0.15, 0.2) is 54.6 Å². The van der Waals surface area contributed by atoms with Crippen LogP contribution < -0.4 is 4.90 Å². The maximum atomic E-state index is 10.9. The quantitative estimate of drug-likeness (QED) is 0.882. The van der Waals surface area contributed by atoms with Gasteiger partial charge in [0.05, 0.1) is 13.2 Å². The molecular weight excluding hydrogens is 274 g/mol. The Bertz CT molecular complexity index is 654. The van der Waals surface area contributed by atoms with Gasteiger partial charge in [-0.15, -0.1) is 6.42 Å². The van der Waals surface area contributed by atoms with Crippen LogP contribution in [-0.4, -0.2) is 31.4 Å². The number of aliphatic hydroxyl groups is 1. The zero-order valence-corrected chi connectivity index (χ0v) is 12.4. The van der Waals surface area contributed by atoms with E-state index in [9.17, 15) is 5.11 Å². The average Bonchev–Trinajstić information content (AvgIpc) is 2.63. The molecule has 1 aliphatic rings. The van der Waals surface area contributed by atoms with Crippen LogP contribution in [0.2, 0.25) is 0 Å². The third kappa shape index (κ3) is 2.71. The maximum absolute atomic E-state index is 10.9. The van der Waals surface area contributed by atoms with Crippen LogP contribution in [0.1, 0.15) is 11.1 Å². The van der Waals surface area contributed by atoms with E-state index in [0.717, 1.165) is 32.0 Å². The van der Waals surface area contributed by atoms with E-state index in [1.54, 1.807) is 0 Å². The third-order valence-electron chi connectivity index (χ3n) is 4.06. The number of nitrogens with zero attached hydrogens (tertiary/aromatic N) is 1. The molecule has 1 saturated heterocycles. The number of ether oxygens (including phenoxy) is 1. The van der Waals surface area contributed by atoms with Gasteiger partial charge in [-0.3, -0.25) is 0 Å². The summed E-state index contributed by atoms with van der Waals surface area (Å²) >= 11 is 0. The van der Waals surface area contributed by atoms with E-state index in [1.807, 2.05) is 54.6 Å². The van der Waals surface area contributed by atoms with Crippen molar-refractivity contribution in [2.75, 3.05) is 31.2 Å². The summed E-state index contributed by atoms with van der Waals surface area (Å²) in [5.41, 5.74) is 1.14. The predicted molar refractivity (Wildman–Crippen MR) is 87.7 cm³/mol. The molecule has 3 heteroatoms. The first-order valence-corrected chi connectivity index (χ1v) is 7.43. The Hall–Kier alpha value is -2.28. The molecule has 1 heterocycles. The molecule has 0 spiro atoms. The van der Waals surface area contributed by atoms with Crippen LogP contribution in [0.3, 0.4) is 0 Å². The molecule has 0 amide bonds. The molecule has 0 radical (unpaired) electrons. The van der Waals surface area contributed by atoms with Gasteiger partial charge in [-0.25, -0.2) is 0 Å². The molecule has 2 aromatic rings. The molecule has 3 nitrogen and oxygen atoms in total. The van der Waals surface area contributed by atoms with Crippen molar-refractivity contribution in [2.45, 2.75) is 5.60 Å². The zero-order valence-electron chi connectivity index (χ0n) is 12.4. The van der Waals surface area contributed by atoms with Crippen molar-refractivity contribution in [3.05, 3.63) is 65.7 Å². The van der Waals surface area contributed by atoms with E-state index < -0.39 is 5.60 Å². The number of rotatable bonds is 3. The van der Waals surface area contributed by atoms with Gasteiger partial charge >= 0.3 is 0 Å². The molecule has 3 rings (SSSR count). The van der Waals surface area contributed by atoms with Crippen LogP contribution in [0.5, 0.6) is 0 Å². The van der Waals surface area contributed by atoms with Crippen molar-refractivity contribution in [3.8, 4) is 12.3 Å². The summed E-state index contributed by atoms with van der Waals surface area (Å²) in [4.78, 5) is 2.27. The lowest BCUT2D eigenvalue weighted by molar-refractivity contribution is 0.122. The molecule has 1 atom stereocenters. The van der Waals surface area contributed by atoms with Gasteiger partial charge < -0.3 is 14.7 Å². The monoisotopic (exact) mass is 293 g/mol. The normalized spacial score (nSPS) is 17.5. The summed E-state index contributed by atoms with van der Waals surface area (Å²) < 4.78 is 5.37. The van der Waals surface area contributed by atoms with Crippen LogP contribution in [0.25, 0.3) is 0 Å². The van der Waals surface area contributed by atoms with Gasteiger partial charge in [0.2, 0.25) is 0 Å². The second-order valence-corrected chi connectivity index (χ2v) is 5.37. The summed E-state index contributed by atoms with van der Waals surface area (Å²) in [5, 5.41) is 10.9. The summed E-state index contributed by atoms with van der Waals surface area (Å²) in [7, 11) is 0. The van der Waals surface area contributed by atoms with Crippen LogP contribution in [0, 0.1) is 12.3 Å². The molecule has 2 aromatic carbocycles. The molecule has 1 N–H and O–H groups in total. The Morgan fingerprint density at radius 3 is 2.14 bits per heavy atom. The number of hydrogen-bond donors (Lipinski definition) is 1. The summed E-state index contributed by atoms with van der Waals surface area (Å²) in [5.74, 6) is 2.53. The molecule has 0 saturated carbocycles. The van der Waals surface area contributed by atoms with Crippen LogP contribution in [0.4, 0.5) is 5.69 Å². The molecule has 1 fully saturated rings. The number of hydrogen-bond acceptors (Lipinski definition) is 3. The Balaban J connectivity index is 1.89. The van der Waals surface area contributed by atoms with E-state index in [2.05, 4.69) is 10.8 Å².